The van der Waals surface area contributed by atoms with Crippen LogP contribution in [0, 0.1) is 13.8 Å². The van der Waals surface area contributed by atoms with Crippen molar-refractivity contribution in [1.82, 2.24) is 10.2 Å². The van der Waals surface area contributed by atoms with Crippen LogP contribution in [0.15, 0.2) is 18.2 Å². The first-order valence-corrected chi connectivity index (χ1v) is 7.24. The molecule has 1 aromatic carbocycles. The van der Waals surface area contributed by atoms with Gasteiger partial charge in [0.1, 0.15) is 13.2 Å². The van der Waals surface area contributed by atoms with Crippen molar-refractivity contribution >= 4 is 11.8 Å². The number of carbonyl (C=O) groups excluding carboxylic acids is 2. The quantitative estimate of drug-likeness (QED) is 0.831. The van der Waals surface area contributed by atoms with Crippen LogP contribution in [0.25, 0.3) is 0 Å². The number of morpholine rings is 1. The van der Waals surface area contributed by atoms with Crippen LogP contribution in [-0.2, 0) is 14.3 Å². The zero-order valence-electron chi connectivity index (χ0n) is 12.8. The summed E-state index contributed by atoms with van der Waals surface area (Å²) in [6, 6.07) is 6.18. The molecule has 1 unspecified atom stereocenters. The molecule has 5 nitrogen and oxygen atoms in total. The average Bonchev–Trinajstić information content (AvgIpc) is 2.44. The molecule has 0 aromatic heterocycles. The predicted molar refractivity (Wildman–Crippen MR) is 79.9 cm³/mol. The summed E-state index contributed by atoms with van der Waals surface area (Å²) in [4.78, 5) is 25.1. The Balaban J connectivity index is 2.24. The number of amides is 2. The summed E-state index contributed by atoms with van der Waals surface area (Å²) in [5, 5.41) is 3.37. The summed E-state index contributed by atoms with van der Waals surface area (Å²) < 4.78 is 4.95. The standard InChI is InChI=1S/C16H22N2O3/c1-4-17-14(13-7-11(2)5-6-12(13)3)8-18-15(19)9-21-10-16(18)20/h5-7,14,17H,4,8-10H2,1-3H3. The van der Waals surface area contributed by atoms with Gasteiger partial charge in [-0.2, -0.15) is 0 Å². The number of nitrogens with zero attached hydrogens (tertiary/aromatic N) is 1. The zero-order chi connectivity index (χ0) is 15.4. The molecular formula is C16H22N2O3. The maximum atomic E-state index is 11.9. The number of hydrogen-bond donors (Lipinski definition) is 1. The third-order valence-corrected chi connectivity index (χ3v) is 3.68. The number of aryl methyl sites for hydroxylation is 2. The smallest absolute Gasteiger partial charge is 0.255 e. The van der Waals surface area contributed by atoms with Crippen LogP contribution in [0.5, 0.6) is 0 Å². The van der Waals surface area contributed by atoms with Crippen molar-refractivity contribution in [2.45, 2.75) is 26.8 Å². The van der Waals surface area contributed by atoms with Crippen molar-refractivity contribution in [1.29, 1.82) is 0 Å². The Kier molecular flexibility index (Phi) is 5.09. The van der Waals surface area contributed by atoms with Gasteiger partial charge >= 0.3 is 0 Å². The maximum absolute atomic E-state index is 11.9. The molecule has 2 amide bonds. The van der Waals surface area contributed by atoms with Crippen LogP contribution >= 0.6 is 0 Å². The van der Waals surface area contributed by atoms with E-state index in [9.17, 15) is 9.59 Å². The highest BCUT2D eigenvalue weighted by Gasteiger charge is 2.29. The van der Waals surface area contributed by atoms with Gasteiger partial charge in [-0.05, 0) is 31.5 Å². The van der Waals surface area contributed by atoms with E-state index in [0.29, 0.717) is 6.54 Å². The number of nitrogens with one attached hydrogen (secondary N) is 1. The normalized spacial score (nSPS) is 17.2. The second-order valence-corrected chi connectivity index (χ2v) is 5.36. The van der Waals surface area contributed by atoms with Crippen LogP contribution in [0.2, 0.25) is 0 Å². The number of carbonyl (C=O) groups is 2. The van der Waals surface area contributed by atoms with Crippen LogP contribution in [-0.4, -0.2) is 43.0 Å². The molecule has 0 radical (unpaired) electrons. The molecule has 2 rings (SSSR count). The first-order chi connectivity index (χ1) is 10.0. The molecule has 1 aromatic rings. The van der Waals surface area contributed by atoms with Crippen molar-refractivity contribution in [2.24, 2.45) is 0 Å². The minimum absolute atomic E-state index is 0.0165. The fourth-order valence-corrected chi connectivity index (χ4v) is 2.56. The summed E-state index contributed by atoms with van der Waals surface area (Å²) in [6.45, 7) is 7.18. The molecule has 1 heterocycles. The Morgan fingerprint density at radius 3 is 2.52 bits per heavy atom. The highest BCUT2D eigenvalue weighted by Crippen LogP contribution is 2.21. The largest absolute Gasteiger partial charge is 0.362 e. The summed E-state index contributed by atoms with van der Waals surface area (Å²) in [7, 11) is 0. The molecule has 0 spiro atoms. The van der Waals surface area contributed by atoms with Crippen molar-refractivity contribution in [3.63, 3.8) is 0 Å². The second-order valence-electron chi connectivity index (χ2n) is 5.36. The molecule has 1 N–H and O–H groups in total. The average molecular weight is 290 g/mol. The first kappa shape index (κ1) is 15.7. The van der Waals surface area contributed by atoms with E-state index in [0.717, 1.165) is 23.2 Å². The van der Waals surface area contributed by atoms with E-state index in [1.807, 2.05) is 20.8 Å². The predicted octanol–water partition coefficient (Wildman–Crippen LogP) is 1.34. The van der Waals surface area contributed by atoms with Gasteiger partial charge < -0.3 is 10.1 Å². The molecule has 1 aliphatic rings. The SMILES string of the molecule is CCNC(CN1C(=O)COCC1=O)c1cc(C)ccc1C. The van der Waals surface area contributed by atoms with E-state index in [2.05, 4.69) is 23.5 Å². The zero-order valence-corrected chi connectivity index (χ0v) is 12.8. The molecular weight excluding hydrogens is 268 g/mol. The minimum Gasteiger partial charge on any atom is -0.362 e. The Labute approximate surface area is 125 Å². The monoisotopic (exact) mass is 290 g/mol. The lowest BCUT2D eigenvalue weighted by atomic mass is 9.98. The molecule has 0 saturated carbocycles. The lowest BCUT2D eigenvalue weighted by Gasteiger charge is -2.30. The number of rotatable bonds is 5. The van der Waals surface area contributed by atoms with Crippen LogP contribution in [0.3, 0.4) is 0 Å². The molecule has 1 fully saturated rings. The van der Waals surface area contributed by atoms with Crippen molar-refractivity contribution in [3.05, 3.63) is 34.9 Å². The highest BCUT2D eigenvalue weighted by atomic mass is 16.5. The minimum atomic E-state index is -0.264. The number of likely N-dealkylation sites (N-methyl/N-ethyl adjacent to an activating group) is 1. The lowest BCUT2D eigenvalue weighted by Crippen LogP contribution is -2.49. The van der Waals surface area contributed by atoms with E-state index < -0.39 is 0 Å². The summed E-state index contributed by atoms with van der Waals surface area (Å²) in [6.07, 6.45) is 0. The molecule has 5 heteroatoms. The van der Waals surface area contributed by atoms with Gasteiger partial charge in [0, 0.05) is 6.54 Å². The lowest BCUT2D eigenvalue weighted by molar-refractivity contribution is -0.158. The van der Waals surface area contributed by atoms with Gasteiger partial charge in [-0.3, -0.25) is 14.5 Å². The summed E-state index contributed by atoms with van der Waals surface area (Å²) in [5.74, 6) is -0.529. The van der Waals surface area contributed by atoms with E-state index in [1.165, 1.54) is 4.90 Å². The third-order valence-electron chi connectivity index (χ3n) is 3.68. The van der Waals surface area contributed by atoms with Crippen molar-refractivity contribution in [3.8, 4) is 0 Å². The second kappa shape index (κ2) is 6.83. The van der Waals surface area contributed by atoms with Crippen molar-refractivity contribution < 1.29 is 14.3 Å². The van der Waals surface area contributed by atoms with E-state index in [1.54, 1.807) is 0 Å². The fraction of sp³-hybridized carbons (Fsp3) is 0.500. The topological polar surface area (TPSA) is 58.6 Å². The maximum Gasteiger partial charge on any atom is 0.255 e. The van der Waals surface area contributed by atoms with Gasteiger partial charge in [0.25, 0.3) is 11.8 Å². The molecule has 0 bridgehead atoms. The number of imide groups is 1. The van der Waals surface area contributed by atoms with Crippen molar-refractivity contribution in [2.75, 3.05) is 26.3 Å². The van der Waals surface area contributed by atoms with Crippen LogP contribution in [0.4, 0.5) is 0 Å². The van der Waals surface area contributed by atoms with Crippen LogP contribution < -0.4 is 5.32 Å². The Morgan fingerprint density at radius 1 is 1.24 bits per heavy atom. The van der Waals surface area contributed by atoms with E-state index in [-0.39, 0.29) is 31.1 Å². The molecule has 1 atom stereocenters. The van der Waals surface area contributed by atoms with Gasteiger partial charge in [0.15, 0.2) is 0 Å². The van der Waals surface area contributed by atoms with E-state index >= 15 is 0 Å². The summed E-state index contributed by atoms with van der Waals surface area (Å²) >= 11 is 0. The van der Waals surface area contributed by atoms with Gasteiger partial charge in [0.2, 0.25) is 0 Å². The molecule has 1 aliphatic heterocycles. The van der Waals surface area contributed by atoms with Gasteiger partial charge in [-0.1, -0.05) is 30.7 Å². The fourth-order valence-electron chi connectivity index (χ4n) is 2.56. The molecule has 114 valence electrons. The Hall–Kier alpha value is -1.72. The van der Waals surface area contributed by atoms with Gasteiger partial charge in [0.05, 0.1) is 6.04 Å². The first-order valence-electron chi connectivity index (χ1n) is 7.24. The Morgan fingerprint density at radius 2 is 1.90 bits per heavy atom. The number of hydrogen-bond acceptors (Lipinski definition) is 4. The number of ether oxygens (including phenoxy) is 1. The number of benzene rings is 1. The third kappa shape index (κ3) is 3.68. The Bertz CT molecular complexity index is 526. The van der Waals surface area contributed by atoms with Gasteiger partial charge in [-0.25, -0.2) is 0 Å². The summed E-state index contributed by atoms with van der Waals surface area (Å²) in [5.41, 5.74) is 3.45. The van der Waals surface area contributed by atoms with Gasteiger partial charge in [-0.15, -0.1) is 0 Å². The molecule has 21 heavy (non-hydrogen) atoms. The van der Waals surface area contributed by atoms with E-state index in [4.69, 9.17) is 4.74 Å². The molecule has 1 saturated heterocycles. The molecule has 0 aliphatic carbocycles. The van der Waals surface area contributed by atoms with Crippen LogP contribution in [0.1, 0.15) is 29.7 Å². The highest BCUT2D eigenvalue weighted by molar-refractivity contribution is 5.98.